The second-order valence-corrected chi connectivity index (χ2v) is 6.03. The van der Waals surface area contributed by atoms with Crippen LogP contribution in [0.25, 0.3) is 0 Å². The van der Waals surface area contributed by atoms with Gasteiger partial charge in [0.05, 0.1) is 18.1 Å². The lowest BCUT2D eigenvalue weighted by atomic mass is 10.1. The molecule has 1 fully saturated rings. The lowest BCUT2D eigenvalue weighted by molar-refractivity contribution is -0.122. The van der Waals surface area contributed by atoms with Crippen LogP contribution >= 0.6 is 0 Å². The first-order chi connectivity index (χ1) is 12.6. The van der Waals surface area contributed by atoms with Crippen LogP contribution in [0.1, 0.15) is 23.7 Å². The Hall–Kier alpha value is -3.15. The summed E-state index contributed by atoms with van der Waals surface area (Å²) in [5.74, 6) is -1.18. The molecule has 2 aromatic carbocycles. The second kappa shape index (κ2) is 7.82. The molecule has 2 amide bonds. The summed E-state index contributed by atoms with van der Waals surface area (Å²) in [6, 6.07) is 15.9. The maximum absolute atomic E-state index is 12.5. The smallest absolute Gasteiger partial charge is 0.338 e. The number of hydrogen-bond donors (Lipinski definition) is 1. The van der Waals surface area contributed by atoms with Gasteiger partial charge in [-0.3, -0.25) is 9.59 Å². The fourth-order valence-corrected chi connectivity index (χ4v) is 2.92. The van der Waals surface area contributed by atoms with Crippen molar-refractivity contribution in [3.8, 4) is 0 Å². The normalized spacial score (nSPS) is 16.4. The monoisotopic (exact) mass is 352 g/mol. The Morgan fingerprint density at radius 1 is 1.15 bits per heavy atom. The van der Waals surface area contributed by atoms with E-state index in [-0.39, 0.29) is 24.8 Å². The number of hydrogen-bond acceptors (Lipinski definition) is 4. The number of carbonyl (C=O) groups is 3. The fourth-order valence-electron chi connectivity index (χ4n) is 2.92. The summed E-state index contributed by atoms with van der Waals surface area (Å²) >= 11 is 0. The minimum Gasteiger partial charge on any atom is -0.462 e. The molecule has 6 heteroatoms. The molecule has 2 aromatic rings. The Labute approximate surface area is 151 Å². The van der Waals surface area contributed by atoms with Gasteiger partial charge >= 0.3 is 5.97 Å². The van der Waals surface area contributed by atoms with Crippen molar-refractivity contribution in [3.63, 3.8) is 0 Å². The van der Waals surface area contributed by atoms with Crippen molar-refractivity contribution >= 4 is 29.2 Å². The number of rotatable bonds is 5. The molecule has 0 spiro atoms. The van der Waals surface area contributed by atoms with Gasteiger partial charge in [-0.15, -0.1) is 0 Å². The van der Waals surface area contributed by atoms with Gasteiger partial charge in [-0.25, -0.2) is 4.79 Å². The van der Waals surface area contributed by atoms with Crippen molar-refractivity contribution in [2.45, 2.75) is 13.3 Å². The number of carbonyl (C=O) groups excluding carboxylic acids is 3. The molecule has 3 rings (SSSR count). The molecular formula is C20H20N2O4. The number of esters is 1. The highest BCUT2D eigenvalue weighted by Gasteiger charge is 2.35. The van der Waals surface area contributed by atoms with E-state index in [0.717, 1.165) is 5.69 Å². The zero-order valence-corrected chi connectivity index (χ0v) is 14.5. The average Bonchev–Trinajstić information content (AvgIpc) is 3.05. The third kappa shape index (κ3) is 3.91. The summed E-state index contributed by atoms with van der Waals surface area (Å²) in [5, 5.41) is 2.79. The molecule has 0 radical (unpaired) electrons. The summed E-state index contributed by atoms with van der Waals surface area (Å²) < 4.78 is 4.96. The minimum absolute atomic E-state index is 0.0726. The maximum atomic E-state index is 12.5. The first kappa shape index (κ1) is 17.7. The summed E-state index contributed by atoms with van der Waals surface area (Å²) in [5.41, 5.74) is 1.67. The average molecular weight is 352 g/mol. The van der Waals surface area contributed by atoms with Gasteiger partial charge in [0.25, 0.3) is 0 Å². The summed E-state index contributed by atoms with van der Waals surface area (Å²) in [7, 11) is 0. The number of nitrogens with zero attached hydrogens (tertiary/aromatic N) is 1. The third-order valence-electron chi connectivity index (χ3n) is 4.20. The highest BCUT2D eigenvalue weighted by molar-refractivity contribution is 6.03. The molecule has 0 bridgehead atoms. The number of anilines is 2. The quantitative estimate of drug-likeness (QED) is 0.840. The number of ether oxygens (including phenoxy) is 1. The van der Waals surface area contributed by atoms with Crippen molar-refractivity contribution in [2.75, 3.05) is 23.4 Å². The number of nitrogens with one attached hydrogen (secondary N) is 1. The predicted molar refractivity (Wildman–Crippen MR) is 97.9 cm³/mol. The molecular weight excluding hydrogens is 332 g/mol. The van der Waals surface area contributed by atoms with Gasteiger partial charge in [-0.1, -0.05) is 24.3 Å². The van der Waals surface area contributed by atoms with Gasteiger partial charge in [0, 0.05) is 24.3 Å². The minimum atomic E-state index is -0.436. The van der Waals surface area contributed by atoms with E-state index < -0.39 is 11.9 Å². The molecule has 0 saturated carbocycles. The molecule has 1 saturated heterocycles. The van der Waals surface area contributed by atoms with Crippen LogP contribution in [0.15, 0.2) is 54.6 Å². The molecule has 6 nitrogen and oxygen atoms in total. The Kier molecular flexibility index (Phi) is 5.31. The van der Waals surface area contributed by atoms with E-state index in [9.17, 15) is 14.4 Å². The molecule has 1 N–H and O–H groups in total. The van der Waals surface area contributed by atoms with Crippen LogP contribution in [0.3, 0.4) is 0 Å². The van der Waals surface area contributed by atoms with Gasteiger partial charge in [0.1, 0.15) is 0 Å². The van der Waals surface area contributed by atoms with E-state index in [1.165, 1.54) is 0 Å². The fraction of sp³-hybridized carbons (Fsp3) is 0.250. The first-order valence-corrected chi connectivity index (χ1v) is 8.52. The lowest BCUT2D eigenvalue weighted by Crippen LogP contribution is -2.28. The van der Waals surface area contributed by atoms with E-state index in [2.05, 4.69) is 5.32 Å². The molecule has 1 aliphatic rings. The topological polar surface area (TPSA) is 75.7 Å². The van der Waals surface area contributed by atoms with Crippen molar-refractivity contribution in [3.05, 3.63) is 60.2 Å². The van der Waals surface area contributed by atoms with Gasteiger partial charge < -0.3 is 15.0 Å². The molecule has 134 valence electrons. The van der Waals surface area contributed by atoms with Crippen LogP contribution in [0.2, 0.25) is 0 Å². The van der Waals surface area contributed by atoms with E-state index >= 15 is 0 Å². The zero-order chi connectivity index (χ0) is 18.5. The van der Waals surface area contributed by atoms with E-state index in [0.29, 0.717) is 17.8 Å². The van der Waals surface area contributed by atoms with Gasteiger partial charge in [0.2, 0.25) is 11.8 Å². The largest absolute Gasteiger partial charge is 0.462 e. The Morgan fingerprint density at radius 3 is 2.65 bits per heavy atom. The number of benzene rings is 2. The van der Waals surface area contributed by atoms with Gasteiger partial charge in [-0.2, -0.15) is 0 Å². The molecule has 1 aliphatic heterocycles. The van der Waals surface area contributed by atoms with E-state index in [4.69, 9.17) is 4.74 Å². The molecule has 26 heavy (non-hydrogen) atoms. The SMILES string of the molecule is CCOC(=O)c1cccc(NC(=O)C2CC(=O)N(c3ccccc3)C2)c1. The van der Waals surface area contributed by atoms with E-state index in [1.807, 2.05) is 30.3 Å². The Balaban J connectivity index is 1.67. The maximum Gasteiger partial charge on any atom is 0.338 e. The summed E-state index contributed by atoms with van der Waals surface area (Å²) in [6.45, 7) is 2.36. The number of amides is 2. The van der Waals surface area contributed by atoms with Crippen molar-refractivity contribution in [2.24, 2.45) is 5.92 Å². The van der Waals surface area contributed by atoms with Crippen molar-refractivity contribution in [1.29, 1.82) is 0 Å². The van der Waals surface area contributed by atoms with Crippen LogP contribution in [-0.2, 0) is 14.3 Å². The molecule has 1 atom stereocenters. The Morgan fingerprint density at radius 2 is 1.92 bits per heavy atom. The molecule has 1 unspecified atom stereocenters. The summed E-state index contributed by atoms with van der Waals surface area (Å²) in [4.78, 5) is 38.2. The second-order valence-electron chi connectivity index (χ2n) is 6.03. The van der Waals surface area contributed by atoms with Crippen LogP contribution in [0.4, 0.5) is 11.4 Å². The van der Waals surface area contributed by atoms with Crippen molar-refractivity contribution < 1.29 is 19.1 Å². The zero-order valence-electron chi connectivity index (χ0n) is 14.5. The highest BCUT2D eigenvalue weighted by atomic mass is 16.5. The van der Waals surface area contributed by atoms with Crippen molar-refractivity contribution in [1.82, 2.24) is 0 Å². The first-order valence-electron chi connectivity index (χ1n) is 8.52. The van der Waals surface area contributed by atoms with Gasteiger partial charge in [0.15, 0.2) is 0 Å². The third-order valence-corrected chi connectivity index (χ3v) is 4.20. The van der Waals surface area contributed by atoms with Crippen LogP contribution in [0.5, 0.6) is 0 Å². The van der Waals surface area contributed by atoms with E-state index in [1.54, 1.807) is 36.1 Å². The number of para-hydroxylation sites is 1. The lowest BCUT2D eigenvalue weighted by Gasteiger charge is -2.16. The van der Waals surface area contributed by atoms with Crippen LogP contribution < -0.4 is 10.2 Å². The predicted octanol–water partition coefficient (Wildman–Crippen LogP) is 2.85. The molecule has 0 aromatic heterocycles. The van der Waals surface area contributed by atoms with Crippen LogP contribution in [0, 0.1) is 5.92 Å². The van der Waals surface area contributed by atoms with Crippen LogP contribution in [-0.4, -0.2) is 30.9 Å². The van der Waals surface area contributed by atoms with Gasteiger partial charge in [-0.05, 0) is 37.3 Å². The molecule has 0 aliphatic carbocycles. The highest BCUT2D eigenvalue weighted by Crippen LogP contribution is 2.26. The molecule has 1 heterocycles. The summed E-state index contributed by atoms with van der Waals surface area (Å²) in [6.07, 6.45) is 0.165. The standard InChI is InChI=1S/C20H20N2O4/c1-2-26-20(25)14-7-6-8-16(11-14)21-19(24)15-12-18(23)22(13-15)17-9-4-3-5-10-17/h3-11,15H,2,12-13H2,1H3,(H,21,24). The Bertz CT molecular complexity index is 820.